The van der Waals surface area contributed by atoms with Gasteiger partial charge < -0.3 is 9.47 Å². The van der Waals surface area contributed by atoms with E-state index in [9.17, 15) is 4.79 Å². The summed E-state index contributed by atoms with van der Waals surface area (Å²) in [6.07, 6.45) is -0.192. The van der Waals surface area contributed by atoms with E-state index in [1.807, 2.05) is 43.3 Å². The lowest BCUT2D eigenvalue weighted by Crippen LogP contribution is -2.12. The number of hydrogen-bond donors (Lipinski definition) is 0. The Kier molecular flexibility index (Phi) is 3.42. The molecule has 3 rings (SSSR count). The number of carbonyl (C=O) groups is 1. The normalized spacial score (nSPS) is 12.7. The fourth-order valence-electron chi connectivity index (χ4n) is 2.55. The fraction of sp³-hybridized carbons (Fsp3) is 0.235. The monoisotopic (exact) mass is 268 g/mol. The van der Waals surface area contributed by atoms with Crippen molar-refractivity contribution >= 4 is 6.16 Å². The topological polar surface area (TPSA) is 35.5 Å². The van der Waals surface area contributed by atoms with Crippen molar-refractivity contribution in [3.05, 3.63) is 59.7 Å². The predicted molar refractivity (Wildman–Crippen MR) is 76.4 cm³/mol. The Labute approximate surface area is 118 Å². The number of hydrogen-bond acceptors (Lipinski definition) is 3. The highest BCUT2D eigenvalue weighted by atomic mass is 16.7. The first-order valence-corrected chi connectivity index (χ1v) is 6.83. The second-order valence-electron chi connectivity index (χ2n) is 4.77. The molecule has 0 aliphatic heterocycles. The molecule has 3 heteroatoms. The second kappa shape index (κ2) is 5.37. The molecule has 20 heavy (non-hydrogen) atoms. The van der Waals surface area contributed by atoms with Crippen molar-refractivity contribution in [2.45, 2.75) is 19.4 Å². The van der Waals surface area contributed by atoms with Crippen LogP contribution < -0.4 is 0 Å². The average Bonchev–Trinajstić information content (AvgIpc) is 2.80. The molecule has 3 nitrogen and oxygen atoms in total. The Hall–Kier alpha value is -2.29. The molecule has 0 unspecified atom stereocenters. The first-order chi connectivity index (χ1) is 9.81. The summed E-state index contributed by atoms with van der Waals surface area (Å²) in [6, 6.07) is 16.0. The van der Waals surface area contributed by atoms with E-state index in [4.69, 9.17) is 9.47 Å². The molecule has 2 aromatic rings. The minimum atomic E-state index is -0.608. The highest BCUT2D eigenvalue weighted by Crippen LogP contribution is 2.45. The lowest BCUT2D eigenvalue weighted by molar-refractivity contribution is 0.0359. The number of ether oxygens (including phenoxy) is 2. The summed E-state index contributed by atoms with van der Waals surface area (Å²) >= 11 is 0. The number of carbonyl (C=O) groups excluding carboxylic acids is 1. The molecule has 0 bridgehead atoms. The van der Waals surface area contributed by atoms with Crippen LogP contribution in [0.1, 0.15) is 30.6 Å². The van der Waals surface area contributed by atoms with Crippen LogP contribution in [0.2, 0.25) is 0 Å². The van der Waals surface area contributed by atoms with Gasteiger partial charge in [0.15, 0.2) is 6.10 Å². The van der Waals surface area contributed by atoms with Gasteiger partial charge in [-0.15, -0.1) is 0 Å². The Balaban J connectivity index is 1.93. The van der Waals surface area contributed by atoms with Gasteiger partial charge in [-0.3, -0.25) is 0 Å². The molecule has 102 valence electrons. The molecule has 0 fully saturated rings. The molecule has 0 radical (unpaired) electrons. The zero-order valence-electron chi connectivity index (χ0n) is 11.3. The van der Waals surface area contributed by atoms with Gasteiger partial charge in [0, 0.05) is 11.1 Å². The van der Waals surface area contributed by atoms with Crippen LogP contribution in [0.3, 0.4) is 0 Å². The molecule has 0 heterocycles. The number of benzene rings is 2. The van der Waals surface area contributed by atoms with Gasteiger partial charge in [-0.25, -0.2) is 4.79 Å². The lowest BCUT2D eigenvalue weighted by Gasteiger charge is -2.14. The molecule has 0 spiro atoms. The highest BCUT2D eigenvalue weighted by molar-refractivity contribution is 5.79. The van der Waals surface area contributed by atoms with Crippen molar-refractivity contribution < 1.29 is 14.3 Å². The van der Waals surface area contributed by atoms with Gasteiger partial charge in [-0.1, -0.05) is 55.5 Å². The van der Waals surface area contributed by atoms with Crippen molar-refractivity contribution in [3.63, 3.8) is 0 Å². The first kappa shape index (κ1) is 12.7. The molecular formula is C17H16O3. The van der Waals surface area contributed by atoms with Gasteiger partial charge >= 0.3 is 6.16 Å². The zero-order chi connectivity index (χ0) is 13.9. The van der Waals surface area contributed by atoms with Crippen molar-refractivity contribution in [1.82, 2.24) is 0 Å². The lowest BCUT2D eigenvalue weighted by atomic mass is 10.1. The molecule has 1 aliphatic carbocycles. The smallest absolute Gasteiger partial charge is 0.434 e. The van der Waals surface area contributed by atoms with Gasteiger partial charge in [-0.2, -0.15) is 0 Å². The highest BCUT2D eigenvalue weighted by Gasteiger charge is 2.31. The number of rotatable bonds is 3. The van der Waals surface area contributed by atoms with Gasteiger partial charge in [0.05, 0.1) is 6.61 Å². The quantitative estimate of drug-likeness (QED) is 0.778. The standard InChI is InChI=1S/C17H16O3/c1-2-11-19-17(18)20-16-14-9-5-3-7-12(14)13-8-4-6-10-15(13)16/h3-10,16H,2,11H2,1H3. The summed E-state index contributed by atoms with van der Waals surface area (Å²) in [5.74, 6) is 0. The second-order valence-corrected chi connectivity index (χ2v) is 4.77. The molecule has 0 amide bonds. The maximum atomic E-state index is 11.7. The van der Waals surface area contributed by atoms with Gasteiger partial charge in [-0.05, 0) is 17.5 Å². The molecule has 0 atom stereocenters. The summed E-state index contributed by atoms with van der Waals surface area (Å²) in [6.45, 7) is 2.34. The maximum absolute atomic E-state index is 11.7. The summed E-state index contributed by atoms with van der Waals surface area (Å²) in [5, 5.41) is 0. The van der Waals surface area contributed by atoms with E-state index in [2.05, 4.69) is 12.1 Å². The molecule has 2 aromatic carbocycles. The number of fused-ring (bicyclic) bond motifs is 3. The zero-order valence-corrected chi connectivity index (χ0v) is 11.3. The SMILES string of the molecule is CCCOC(=O)OC1c2ccccc2-c2ccccc21. The average molecular weight is 268 g/mol. The van der Waals surface area contributed by atoms with Crippen LogP contribution in [-0.2, 0) is 9.47 Å². The Morgan fingerprint density at radius 1 is 1.00 bits per heavy atom. The third kappa shape index (κ3) is 2.16. The minimum Gasteiger partial charge on any atom is -0.434 e. The molecule has 1 aliphatic rings. The van der Waals surface area contributed by atoms with E-state index in [-0.39, 0.29) is 6.10 Å². The Morgan fingerprint density at radius 2 is 1.55 bits per heavy atom. The van der Waals surface area contributed by atoms with E-state index in [1.54, 1.807) is 0 Å². The predicted octanol–water partition coefficient (Wildman–Crippen LogP) is 4.32. The van der Waals surface area contributed by atoms with E-state index in [0.29, 0.717) is 6.61 Å². The molecule has 0 saturated heterocycles. The van der Waals surface area contributed by atoms with Crippen molar-refractivity contribution in [3.8, 4) is 11.1 Å². The van der Waals surface area contributed by atoms with Crippen LogP contribution in [0, 0.1) is 0 Å². The summed E-state index contributed by atoms with van der Waals surface area (Å²) in [5.41, 5.74) is 4.28. The van der Waals surface area contributed by atoms with Crippen LogP contribution >= 0.6 is 0 Å². The van der Waals surface area contributed by atoms with E-state index >= 15 is 0 Å². The fourth-order valence-corrected chi connectivity index (χ4v) is 2.55. The molecule has 0 aromatic heterocycles. The van der Waals surface area contributed by atoms with Crippen LogP contribution in [0.5, 0.6) is 0 Å². The first-order valence-electron chi connectivity index (χ1n) is 6.83. The summed E-state index contributed by atoms with van der Waals surface area (Å²) < 4.78 is 10.5. The van der Waals surface area contributed by atoms with Crippen LogP contribution in [0.4, 0.5) is 4.79 Å². The van der Waals surface area contributed by atoms with E-state index < -0.39 is 6.16 Å². The van der Waals surface area contributed by atoms with Gasteiger partial charge in [0.2, 0.25) is 0 Å². The van der Waals surface area contributed by atoms with Gasteiger partial charge in [0.25, 0.3) is 0 Å². The van der Waals surface area contributed by atoms with E-state index in [0.717, 1.165) is 28.7 Å². The van der Waals surface area contributed by atoms with Crippen LogP contribution in [-0.4, -0.2) is 12.8 Å². The summed E-state index contributed by atoms with van der Waals surface area (Å²) in [4.78, 5) is 11.7. The van der Waals surface area contributed by atoms with Crippen LogP contribution in [0.15, 0.2) is 48.5 Å². The third-order valence-electron chi connectivity index (χ3n) is 3.41. The largest absolute Gasteiger partial charge is 0.509 e. The van der Waals surface area contributed by atoms with Crippen molar-refractivity contribution in [2.75, 3.05) is 6.61 Å². The van der Waals surface area contributed by atoms with Crippen LogP contribution in [0.25, 0.3) is 11.1 Å². The summed E-state index contributed by atoms with van der Waals surface area (Å²) in [7, 11) is 0. The minimum absolute atomic E-state index is 0.369. The molecular weight excluding hydrogens is 252 g/mol. The molecule has 0 saturated carbocycles. The van der Waals surface area contributed by atoms with Crippen molar-refractivity contribution in [1.29, 1.82) is 0 Å². The van der Waals surface area contributed by atoms with Gasteiger partial charge in [0.1, 0.15) is 0 Å². The van der Waals surface area contributed by atoms with Crippen molar-refractivity contribution in [2.24, 2.45) is 0 Å². The third-order valence-corrected chi connectivity index (χ3v) is 3.41. The van der Waals surface area contributed by atoms with E-state index in [1.165, 1.54) is 0 Å². The Morgan fingerprint density at radius 3 is 2.10 bits per heavy atom. The maximum Gasteiger partial charge on any atom is 0.509 e. The molecule has 0 N–H and O–H groups in total. The Bertz CT molecular complexity index is 588.